The van der Waals surface area contributed by atoms with Crippen LogP contribution < -0.4 is 5.32 Å². The molecule has 0 aliphatic heterocycles. The summed E-state index contributed by atoms with van der Waals surface area (Å²) in [6.07, 6.45) is 2.09. The van der Waals surface area contributed by atoms with Crippen LogP contribution in [0.5, 0.6) is 0 Å². The average Bonchev–Trinajstić information content (AvgIpc) is 3.14. The second-order valence-corrected chi connectivity index (χ2v) is 4.43. The van der Waals surface area contributed by atoms with E-state index in [-0.39, 0.29) is 17.4 Å². The molecule has 0 spiro atoms. The van der Waals surface area contributed by atoms with Gasteiger partial charge in [0.25, 0.3) is 5.69 Å². The van der Waals surface area contributed by atoms with Crippen LogP contribution in [0.1, 0.15) is 12.8 Å². The summed E-state index contributed by atoms with van der Waals surface area (Å²) in [4.78, 5) is 10.3. The number of halogens is 1. The molecule has 0 aromatic heterocycles. The van der Waals surface area contributed by atoms with Crippen molar-refractivity contribution in [2.24, 2.45) is 5.92 Å². The highest BCUT2D eigenvalue weighted by molar-refractivity contribution is 5.62. The van der Waals surface area contributed by atoms with Gasteiger partial charge in [-0.25, -0.2) is 4.39 Å². The molecule has 0 saturated heterocycles. The second kappa shape index (κ2) is 5.30. The molecule has 0 amide bonds. The zero-order chi connectivity index (χ0) is 13.1. The fourth-order valence-corrected chi connectivity index (χ4v) is 1.97. The van der Waals surface area contributed by atoms with Crippen LogP contribution in [-0.4, -0.2) is 24.7 Å². The minimum Gasteiger partial charge on any atom is -0.383 e. The van der Waals surface area contributed by atoms with Gasteiger partial charge in [-0.05, 0) is 24.8 Å². The van der Waals surface area contributed by atoms with Gasteiger partial charge in [-0.2, -0.15) is 0 Å². The number of hydrogen-bond acceptors (Lipinski definition) is 4. The first-order valence-electron chi connectivity index (χ1n) is 5.82. The Morgan fingerprint density at radius 1 is 1.61 bits per heavy atom. The molecule has 5 nitrogen and oxygen atoms in total. The number of nitrogens with zero attached hydrogens (tertiary/aromatic N) is 1. The first-order chi connectivity index (χ1) is 8.63. The number of benzene rings is 1. The molecule has 1 aromatic rings. The van der Waals surface area contributed by atoms with E-state index in [1.165, 1.54) is 18.2 Å². The summed E-state index contributed by atoms with van der Waals surface area (Å²) >= 11 is 0. The molecule has 0 heterocycles. The van der Waals surface area contributed by atoms with E-state index in [4.69, 9.17) is 4.74 Å². The molecule has 1 fully saturated rings. The molecule has 1 aliphatic rings. The van der Waals surface area contributed by atoms with E-state index in [1.807, 2.05) is 0 Å². The van der Waals surface area contributed by atoms with Crippen LogP contribution in [0, 0.1) is 21.8 Å². The Balaban J connectivity index is 2.23. The highest BCUT2D eigenvalue weighted by Crippen LogP contribution is 2.36. The van der Waals surface area contributed by atoms with Gasteiger partial charge in [-0.3, -0.25) is 10.1 Å². The van der Waals surface area contributed by atoms with Crippen molar-refractivity contribution in [2.75, 3.05) is 19.0 Å². The number of methoxy groups -OCH3 is 1. The maximum absolute atomic E-state index is 13.7. The Morgan fingerprint density at radius 3 is 2.89 bits per heavy atom. The number of nitrogens with one attached hydrogen (secondary N) is 1. The molecular weight excluding hydrogens is 239 g/mol. The predicted octanol–water partition coefficient (Wildman–Crippen LogP) is 2.57. The van der Waals surface area contributed by atoms with Gasteiger partial charge in [0.15, 0.2) is 5.82 Å². The van der Waals surface area contributed by atoms with Gasteiger partial charge >= 0.3 is 0 Å². The molecular formula is C12H15FN2O3. The van der Waals surface area contributed by atoms with E-state index in [1.54, 1.807) is 7.11 Å². The molecule has 1 aliphatic carbocycles. The van der Waals surface area contributed by atoms with E-state index in [9.17, 15) is 14.5 Å². The zero-order valence-corrected chi connectivity index (χ0v) is 10.1. The number of nitro benzene ring substituents is 1. The molecule has 1 unspecified atom stereocenters. The SMILES string of the molecule is COCC(Nc1c(F)cccc1[N+](=O)[O-])C1CC1. The molecule has 98 valence electrons. The predicted molar refractivity (Wildman–Crippen MR) is 65.1 cm³/mol. The normalized spacial score (nSPS) is 16.3. The number of anilines is 1. The monoisotopic (exact) mass is 254 g/mol. The van der Waals surface area contributed by atoms with Crippen molar-refractivity contribution in [2.45, 2.75) is 18.9 Å². The van der Waals surface area contributed by atoms with E-state index in [0.29, 0.717) is 12.5 Å². The molecule has 1 aromatic carbocycles. The third kappa shape index (κ3) is 2.76. The maximum Gasteiger partial charge on any atom is 0.295 e. The third-order valence-electron chi connectivity index (χ3n) is 3.06. The Morgan fingerprint density at radius 2 is 2.33 bits per heavy atom. The van der Waals surface area contributed by atoms with Crippen molar-refractivity contribution < 1.29 is 14.1 Å². The number of nitro groups is 1. The Hall–Kier alpha value is -1.69. The van der Waals surface area contributed by atoms with E-state index < -0.39 is 10.7 Å². The standard InChI is InChI=1S/C12H15FN2O3/c1-18-7-10(8-5-6-8)14-12-9(13)3-2-4-11(12)15(16)17/h2-4,8,10,14H,5-7H2,1H3. The van der Waals surface area contributed by atoms with E-state index >= 15 is 0 Å². The van der Waals surface area contributed by atoms with Crippen LogP contribution in [0.25, 0.3) is 0 Å². The lowest BCUT2D eigenvalue weighted by Gasteiger charge is -2.18. The second-order valence-electron chi connectivity index (χ2n) is 4.43. The third-order valence-corrected chi connectivity index (χ3v) is 3.06. The number of para-hydroxylation sites is 1. The van der Waals surface area contributed by atoms with Crippen molar-refractivity contribution in [1.29, 1.82) is 0 Å². The largest absolute Gasteiger partial charge is 0.383 e. The Labute approximate surface area is 104 Å². The van der Waals surface area contributed by atoms with E-state index in [0.717, 1.165) is 12.8 Å². The number of rotatable bonds is 6. The van der Waals surface area contributed by atoms with Crippen LogP contribution in [-0.2, 0) is 4.74 Å². The van der Waals surface area contributed by atoms with Gasteiger partial charge in [-0.1, -0.05) is 6.07 Å². The van der Waals surface area contributed by atoms with Crippen LogP contribution in [0.15, 0.2) is 18.2 Å². The minimum absolute atomic E-state index is 0.0450. The first-order valence-corrected chi connectivity index (χ1v) is 5.82. The van der Waals surface area contributed by atoms with Gasteiger partial charge in [-0.15, -0.1) is 0 Å². The van der Waals surface area contributed by atoms with E-state index in [2.05, 4.69) is 5.32 Å². The number of hydrogen-bond donors (Lipinski definition) is 1. The average molecular weight is 254 g/mol. The molecule has 2 rings (SSSR count). The van der Waals surface area contributed by atoms with Gasteiger partial charge in [0.2, 0.25) is 0 Å². The lowest BCUT2D eigenvalue weighted by Crippen LogP contribution is -2.28. The fraction of sp³-hybridized carbons (Fsp3) is 0.500. The van der Waals surface area contributed by atoms with Crippen molar-refractivity contribution in [1.82, 2.24) is 0 Å². The summed E-state index contributed by atoms with van der Waals surface area (Å²) < 4.78 is 18.8. The lowest BCUT2D eigenvalue weighted by molar-refractivity contribution is -0.384. The topological polar surface area (TPSA) is 64.4 Å². The summed E-state index contributed by atoms with van der Waals surface area (Å²) in [6.45, 7) is 0.413. The Kier molecular flexibility index (Phi) is 3.76. The molecule has 0 radical (unpaired) electrons. The van der Waals surface area contributed by atoms with Crippen molar-refractivity contribution in [3.8, 4) is 0 Å². The first kappa shape index (κ1) is 12.8. The minimum atomic E-state index is -0.606. The summed E-state index contributed by atoms with van der Waals surface area (Å²) in [5.41, 5.74) is -0.284. The van der Waals surface area contributed by atoms with Crippen molar-refractivity contribution in [3.05, 3.63) is 34.1 Å². The maximum atomic E-state index is 13.7. The smallest absolute Gasteiger partial charge is 0.295 e. The lowest BCUT2D eigenvalue weighted by atomic mass is 10.1. The van der Waals surface area contributed by atoms with Crippen molar-refractivity contribution >= 4 is 11.4 Å². The molecule has 1 N–H and O–H groups in total. The highest BCUT2D eigenvalue weighted by atomic mass is 19.1. The van der Waals surface area contributed by atoms with Crippen LogP contribution in [0.2, 0.25) is 0 Å². The number of ether oxygens (including phenoxy) is 1. The Bertz CT molecular complexity index is 449. The summed E-state index contributed by atoms with van der Waals surface area (Å²) in [5.74, 6) is -0.199. The van der Waals surface area contributed by atoms with Crippen LogP contribution in [0.4, 0.5) is 15.8 Å². The summed E-state index contributed by atoms with van der Waals surface area (Å²) in [6, 6.07) is 3.76. The van der Waals surface area contributed by atoms with Crippen LogP contribution >= 0.6 is 0 Å². The molecule has 0 bridgehead atoms. The van der Waals surface area contributed by atoms with Gasteiger partial charge in [0, 0.05) is 13.2 Å². The van der Waals surface area contributed by atoms with Crippen LogP contribution in [0.3, 0.4) is 0 Å². The quantitative estimate of drug-likeness (QED) is 0.626. The molecule has 1 atom stereocenters. The van der Waals surface area contributed by atoms with Gasteiger partial charge in [0.05, 0.1) is 17.6 Å². The molecule has 18 heavy (non-hydrogen) atoms. The van der Waals surface area contributed by atoms with Crippen molar-refractivity contribution in [3.63, 3.8) is 0 Å². The fourth-order valence-electron chi connectivity index (χ4n) is 1.97. The summed E-state index contributed by atoms with van der Waals surface area (Å²) in [7, 11) is 1.56. The van der Waals surface area contributed by atoms with Gasteiger partial charge in [0.1, 0.15) is 5.69 Å². The molecule has 6 heteroatoms. The highest BCUT2D eigenvalue weighted by Gasteiger charge is 2.33. The zero-order valence-electron chi connectivity index (χ0n) is 10.1. The van der Waals surface area contributed by atoms with Gasteiger partial charge < -0.3 is 10.1 Å². The summed E-state index contributed by atoms with van der Waals surface area (Å²) in [5, 5.41) is 13.8. The molecule has 1 saturated carbocycles.